The van der Waals surface area contributed by atoms with Gasteiger partial charge in [0.2, 0.25) is 0 Å². The van der Waals surface area contributed by atoms with Crippen LogP contribution in [0.15, 0.2) is 18.2 Å². The molecule has 0 spiro atoms. The fourth-order valence-corrected chi connectivity index (χ4v) is 3.76. The summed E-state index contributed by atoms with van der Waals surface area (Å²) in [4.78, 5) is 0. The van der Waals surface area contributed by atoms with Crippen LogP contribution in [0.4, 0.5) is 0 Å². The zero-order valence-electron chi connectivity index (χ0n) is 10.4. The van der Waals surface area contributed by atoms with Crippen molar-refractivity contribution < 1.29 is 14.6 Å². The Labute approximate surface area is 106 Å². The first-order chi connectivity index (χ1) is 8.13. The Bertz CT molecular complexity index is 385. The fraction of sp³-hybridized carbons (Fsp3) is 0.538. The molecular weight excluding hydrogens is 236 g/mol. The van der Waals surface area contributed by atoms with Crippen LogP contribution in [0.2, 0.25) is 0 Å². The SMILES string of the molecule is COc1cccc(OC)c1C1(O)CSCC1C. The number of thioether (sulfide) groups is 1. The predicted octanol–water partition coefficient (Wildman–Crippen LogP) is 2.27. The van der Waals surface area contributed by atoms with Crippen LogP contribution in [0.5, 0.6) is 11.5 Å². The van der Waals surface area contributed by atoms with Gasteiger partial charge in [-0.05, 0) is 23.8 Å². The van der Waals surface area contributed by atoms with Crippen LogP contribution in [0, 0.1) is 5.92 Å². The Morgan fingerprint density at radius 1 is 1.29 bits per heavy atom. The van der Waals surface area contributed by atoms with Gasteiger partial charge in [0.25, 0.3) is 0 Å². The maximum atomic E-state index is 10.9. The molecule has 0 saturated carbocycles. The van der Waals surface area contributed by atoms with E-state index in [4.69, 9.17) is 9.47 Å². The number of hydrogen-bond acceptors (Lipinski definition) is 4. The minimum absolute atomic E-state index is 0.192. The van der Waals surface area contributed by atoms with E-state index in [1.54, 1.807) is 26.0 Å². The van der Waals surface area contributed by atoms with Crippen LogP contribution in [0.1, 0.15) is 12.5 Å². The van der Waals surface area contributed by atoms with Crippen molar-refractivity contribution >= 4 is 11.8 Å². The van der Waals surface area contributed by atoms with Crippen molar-refractivity contribution in [1.29, 1.82) is 0 Å². The lowest BCUT2D eigenvalue weighted by Gasteiger charge is -2.30. The van der Waals surface area contributed by atoms with E-state index in [-0.39, 0.29) is 5.92 Å². The van der Waals surface area contributed by atoms with Crippen molar-refractivity contribution in [3.63, 3.8) is 0 Å². The highest BCUT2D eigenvalue weighted by atomic mass is 32.2. The van der Waals surface area contributed by atoms with Gasteiger partial charge in [0, 0.05) is 5.75 Å². The van der Waals surface area contributed by atoms with Gasteiger partial charge in [-0.15, -0.1) is 0 Å². The molecule has 1 aromatic carbocycles. The molecule has 0 amide bonds. The molecular formula is C13H18O3S. The monoisotopic (exact) mass is 254 g/mol. The molecule has 1 saturated heterocycles. The van der Waals surface area contributed by atoms with Crippen molar-refractivity contribution in [2.75, 3.05) is 25.7 Å². The van der Waals surface area contributed by atoms with Crippen LogP contribution in [-0.4, -0.2) is 30.8 Å². The molecule has 3 nitrogen and oxygen atoms in total. The maximum absolute atomic E-state index is 10.9. The maximum Gasteiger partial charge on any atom is 0.128 e. The molecule has 2 rings (SSSR count). The molecule has 0 aromatic heterocycles. The van der Waals surface area contributed by atoms with Gasteiger partial charge >= 0.3 is 0 Å². The van der Waals surface area contributed by atoms with Crippen LogP contribution >= 0.6 is 11.8 Å². The molecule has 17 heavy (non-hydrogen) atoms. The summed E-state index contributed by atoms with van der Waals surface area (Å²) in [6.07, 6.45) is 0. The van der Waals surface area contributed by atoms with E-state index >= 15 is 0 Å². The summed E-state index contributed by atoms with van der Waals surface area (Å²) in [6, 6.07) is 5.61. The minimum atomic E-state index is -0.859. The Morgan fingerprint density at radius 2 is 1.88 bits per heavy atom. The Kier molecular flexibility index (Phi) is 3.54. The molecule has 0 bridgehead atoms. The van der Waals surface area contributed by atoms with Gasteiger partial charge in [0.1, 0.15) is 17.1 Å². The standard InChI is InChI=1S/C13H18O3S/c1-9-7-17-8-13(9,14)12-10(15-2)5-4-6-11(12)16-3/h4-6,9,14H,7-8H2,1-3H3. The Balaban J connectivity index is 2.56. The fourth-order valence-electron chi connectivity index (χ4n) is 2.27. The van der Waals surface area contributed by atoms with E-state index in [1.165, 1.54) is 0 Å². The van der Waals surface area contributed by atoms with E-state index in [1.807, 2.05) is 18.2 Å². The van der Waals surface area contributed by atoms with Crippen molar-refractivity contribution in [1.82, 2.24) is 0 Å². The number of ether oxygens (including phenoxy) is 2. The lowest BCUT2D eigenvalue weighted by atomic mass is 9.84. The van der Waals surface area contributed by atoms with Gasteiger partial charge in [0.05, 0.1) is 19.8 Å². The van der Waals surface area contributed by atoms with E-state index in [0.717, 1.165) is 11.3 Å². The zero-order chi connectivity index (χ0) is 12.5. The van der Waals surface area contributed by atoms with Crippen molar-refractivity contribution in [3.8, 4) is 11.5 Å². The van der Waals surface area contributed by atoms with E-state index in [2.05, 4.69) is 6.92 Å². The van der Waals surface area contributed by atoms with Crippen LogP contribution in [0.3, 0.4) is 0 Å². The Hall–Kier alpha value is -0.870. The molecule has 94 valence electrons. The average Bonchev–Trinajstić information content (AvgIpc) is 2.69. The average molecular weight is 254 g/mol. The van der Waals surface area contributed by atoms with Crippen LogP contribution in [0.25, 0.3) is 0 Å². The smallest absolute Gasteiger partial charge is 0.128 e. The summed E-state index contributed by atoms with van der Waals surface area (Å²) in [5.41, 5.74) is -0.0784. The second-order valence-corrected chi connectivity index (χ2v) is 5.41. The number of benzene rings is 1. The Morgan fingerprint density at radius 3 is 2.29 bits per heavy atom. The third kappa shape index (κ3) is 2.00. The normalized spacial score (nSPS) is 28.1. The zero-order valence-corrected chi connectivity index (χ0v) is 11.2. The quantitative estimate of drug-likeness (QED) is 0.898. The molecule has 0 aliphatic carbocycles. The summed E-state index contributed by atoms with van der Waals surface area (Å²) in [5, 5.41) is 10.9. The minimum Gasteiger partial charge on any atom is -0.496 e. The first-order valence-electron chi connectivity index (χ1n) is 5.65. The summed E-state index contributed by atoms with van der Waals surface area (Å²) >= 11 is 1.76. The molecule has 1 N–H and O–H groups in total. The summed E-state index contributed by atoms with van der Waals surface area (Å²) < 4.78 is 10.7. The van der Waals surface area contributed by atoms with E-state index in [0.29, 0.717) is 17.3 Å². The van der Waals surface area contributed by atoms with Crippen LogP contribution < -0.4 is 9.47 Å². The summed E-state index contributed by atoms with van der Waals surface area (Å²) in [5.74, 6) is 3.22. The molecule has 0 radical (unpaired) electrons. The van der Waals surface area contributed by atoms with Crippen molar-refractivity contribution in [3.05, 3.63) is 23.8 Å². The third-order valence-corrected chi connectivity index (χ3v) is 4.75. The van der Waals surface area contributed by atoms with Gasteiger partial charge in [-0.1, -0.05) is 13.0 Å². The largest absolute Gasteiger partial charge is 0.496 e. The second kappa shape index (κ2) is 4.78. The molecule has 1 aromatic rings. The summed E-state index contributed by atoms with van der Waals surface area (Å²) in [6.45, 7) is 2.06. The molecule has 2 atom stereocenters. The van der Waals surface area contributed by atoms with Crippen molar-refractivity contribution in [2.45, 2.75) is 12.5 Å². The first-order valence-corrected chi connectivity index (χ1v) is 6.80. The van der Waals surface area contributed by atoms with Gasteiger partial charge in [-0.3, -0.25) is 0 Å². The van der Waals surface area contributed by atoms with Gasteiger partial charge < -0.3 is 14.6 Å². The number of rotatable bonds is 3. The number of hydrogen-bond donors (Lipinski definition) is 1. The van der Waals surface area contributed by atoms with E-state index in [9.17, 15) is 5.11 Å². The highest BCUT2D eigenvalue weighted by Gasteiger charge is 2.44. The summed E-state index contributed by atoms with van der Waals surface area (Å²) in [7, 11) is 3.24. The third-order valence-electron chi connectivity index (χ3n) is 3.37. The van der Waals surface area contributed by atoms with Gasteiger partial charge in [0.15, 0.2) is 0 Å². The molecule has 1 heterocycles. The molecule has 1 aliphatic rings. The topological polar surface area (TPSA) is 38.7 Å². The van der Waals surface area contributed by atoms with E-state index < -0.39 is 5.60 Å². The molecule has 1 aliphatic heterocycles. The lowest BCUT2D eigenvalue weighted by Crippen LogP contribution is -2.33. The molecule has 2 unspecified atom stereocenters. The van der Waals surface area contributed by atoms with Gasteiger partial charge in [-0.25, -0.2) is 0 Å². The highest BCUT2D eigenvalue weighted by Crippen LogP contribution is 2.48. The highest BCUT2D eigenvalue weighted by molar-refractivity contribution is 7.99. The van der Waals surface area contributed by atoms with Crippen LogP contribution in [-0.2, 0) is 5.60 Å². The first kappa shape index (κ1) is 12.6. The second-order valence-electron chi connectivity index (χ2n) is 4.38. The number of methoxy groups -OCH3 is 2. The van der Waals surface area contributed by atoms with Crippen molar-refractivity contribution in [2.24, 2.45) is 5.92 Å². The predicted molar refractivity (Wildman–Crippen MR) is 69.9 cm³/mol. The lowest BCUT2D eigenvalue weighted by molar-refractivity contribution is 0.0189. The van der Waals surface area contributed by atoms with Gasteiger partial charge in [-0.2, -0.15) is 11.8 Å². The number of aliphatic hydroxyl groups is 1. The molecule has 4 heteroatoms. The molecule has 1 fully saturated rings.